The lowest BCUT2D eigenvalue weighted by Crippen LogP contribution is -2.46. The van der Waals surface area contributed by atoms with Crippen molar-refractivity contribution in [3.63, 3.8) is 0 Å². The molecule has 0 spiro atoms. The van der Waals surface area contributed by atoms with Gasteiger partial charge in [0.25, 0.3) is 5.91 Å². The quantitative estimate of drug-likeness (QED) is 0.834. The third-order valence-electron chi connectivity index (χ3n) is 5.12. The van der Waals surface area contributed by atoms with Gasteiger partial charge < -0.3 is 19.4 Å². The van der Waals surface area contributed by atoms with Gasteiger partial charge in [-0.05, 0) is 30.5 Å². The molecular formula is C20H29N3O3. The van der Waals surface area contributed by atoms with Crippen LogP contribution in [0.3, 0.4) is 0 Å². The van der Waals surface area contributed by atoms with Crippen molar-refractivity contribution < 1.29 is 14.3 Å². The molecule has 0 bridgehead atoms. The van der Waals surface area contributed by atoms with Crippen LogP contribution in [0.2, 0.25) is 0 Å². The van der Waals surface area contributed by atoms with E-state index in [1.807, 2.05) is 41.1 Å². The molecule has 2 saturated heterocycles. The van der Waals surface area contributed by atoms with Crippen LogP contribution in [-0.2, 0) is 11.3 Å². The highest BCUT2D eigenvalue weighted by Gasteiger charge is 2.21. The first-order valence-corrected chi connectivity index (χ1v) is 9.61. The molecule has 0 atom stereocenters. The summed E-state index contributed by atoms with van der Waals surface area (Å²) in [5.41, 5.74) is 1.76. The number of benzene rings is 1. The summed E-state index contributed by atoms with van der Waals surface area (Å²) < 4.78 is 5.29. The Kier molecular flexibility index (Phi) is 6.50. The van der Waals surface area contributed by atoms with Gasteiger partial charge in [-0.1, -0.05) is 25.0 Å². The van der Waals surface area contributed by atoms with Gasteiger partial charge in [-0.2, -0.15) is 0 Å². The molecule has 0 N–H and O–H groups in total. The van der Waals surface area contributed by atoms with Gasteiger partial charge in [-0.25, -0.2) is 4.79 Å². The monoisotopic (exact) mass is 359 g/mol. The van der Waals surface area contributed by atoms with Crippen LogP contribution >= 0.6 is 0 Å². The van der Waals surface area contributed by atoms with Crippen molar-refractivity contribution in [2.75, 3.05) is 46.4 Å². The fourth-order valence-corrected chi connectivity index (χ4v) is 3.55. The minimum atomic E-state index is 0.0259. The number of nitrogens with zero attached hydrogens (tertiary/aromatic N) is 3. The van der Waals surface area contributed by atoms with E-state index in [0.717, 1.165) is 37.1 Å². The molecule has 6 heteroatoms. The lowest BCUT2D eigenvalue weighted by molar-refractivity contribution is 0.0448. The summed E-state index contributed by atoms with van der Waals surface area (Å²) in [4.78, 5) is 30.6. The summed E-state index contributed by atoms with van der Waals surface area (Å²) >= 11 is 0. The Morgan fingerprint density at radius 2 is 1.54 bits per heavy atom. The minimum absolute atomic E-state index is 0.0259. The smallest absolute Gasteiger partial charge is 0.320 e. The van der Waals surface area contributed by atoms with Gasteiger partial charge in [-0.3, -0.25) is 4.79 Å². The van der Waals surface area contributed by atoms with Crippen LogP contribution in [0, 0.1) is 0 Å². The van der Waals surface area contributed by atoms with Crippen LogP contribution in [0.15, 0.2) is 24.3 Å². The second-order valence-corrected chi connectivity index (χ2v) is 7.14. The zero-order chi connectivity index (χ0) is 18.4. The van der Waals surface area contributed by atoms with Crippen LogP contribution in [0.25, 0.3) is 0 Å². The average molecular weight is 359 g/mol. The van der Waals surface area contributed by atoms with Gasteiger partial charge in [0.2, 0.25) is 0 Å². The fraction of sp³-hybridized carbons (Fsp3) is 0.600. The number of carbonyl (C=O) groups excluding carboxylic acids is 2. The standard InChI is InChI=1S/C20H29N3O3/c1-21(20(25)23-12-14-26-15-13-23)16-17-6-8-18(9-7-17)19(24)22-10-4-2-3-5-11-22/h6-9H,2-5,10-16H2,1H3. The number of morpholine rings is 1. The van der Waals surface area contributed by atoms with Crippen LogP contribution in [0.4, 0.5) is 4.79 Å². The zero-order valence-electron chi connectivity index (χ0n) is 15.7. The van der Waals surface area contributed by atoms with Gasteiger partial charge >= 0.3 is 6.03 Å². The van der Waals surface area contributed by atoms with E-state index in [0.29, 0.717) is 32.8 Å². The van der Waals surface area contributed by atoms with Gasteiger partial charge in [-0.15, -0.1) is 0 Å². The van der Waals surface area contributed by atoms with Crippen molar-refractivity contribution in [1.82, 2.24) is 14.7 Å². The van der Waals surface area contributed by atoms with E-state index in [4.69, 9.17) is 4.74 Å². The summed E-state index contributed by atoms with van der Waals surface area (Å²) in [6, 6.07) is 7.70. The molecule has 2 heterocycles. The van der Waals surface area contributed by atoms with E-state index < -0.39 is 0 Å². The van der Waals surface area contributed by atoms with E-state index in [2.05, 4.69) is 0 Å². The Labute approximate surface area is 155 Å². The third-order valence-corrected chi connectivity index (χ3v) is 5.12. The van der Waals surface area contributed by atoms with Crippen molar-refractivity contribution >= 4 is 11.9 Å². The number of hydrogen-bond donors (Lipinski definition) is 0. The van der Waals surface area contributed by atoms with E-state index in [-0.39, 0.29) is 11.9 Å². The van der Waals surface area contributed by atoms with Gasteiger partial charge in [0, 0.05) is 45.3 Å². The topological polar surface area (TPSA) is 53.1 Å². The second kappa shape index (κ2) is 9.03. The molecule has 2 fully saturated rings. The Balaban J connectivity index is 1.56. The van der Waals surface area contributed by atoms with Crippen LogP contribution in [-0.4, -0.2) is 73.1 Å². The molecule has 0 aliphatic carbocycles. The highest BCUT2D eigenvalue weighted by atomic mass is 16.5. The zero-order valence-corrected chi connectivity index (χ0v) is 15.7. The number of likely N-dealkylation sites (tertiary alicyclic amines) is 1. The number of amides is 3. The molecule has 2 aliphatic heterocycles. The van der Waals surface area contributed by atoms with Crippen molar-refractivity contribution in [3.8, 4) is 0 Å². The summed E-state index contributed by atoms with van der Waals surface area (Å²) in [5.74, 6) is 0.121. The Bertz CT molecular complexity index is 603. The summed E-state index contributed by atoms with van der Waals surface area (Å²) in [7, 11) is 1.81. The molecule has 1 aromatic carbocycles. The molecule has 26 heavy (non-hydrogen) atoms. The van der Waals surface area contributed by atoms with Gasteiger partial charge in [0.05, 0.1) is 13.2 Å². The summed E-state index contributed by atoms with van der Waals surface area (Å²) in [6.07, 6.45) is 4.62. The second-order valence-electron chi connectivity index (χ2n) is 7.14. The predicted molar refractivity (Wildman–Crippen MR) is 100 cm³/mol. The lowest BCUT2D eigenvalue weighted by atomic mass is 10.1. The molecule has 3 rings (SSSR count). The highest BCUT2D eigenvalue weighted by Crippen LogP contribution is 2.15. The number of carbonyl (C=O) groups is 2. The Hall–Kier alpha value is -2.08. The van der Waals surface area contributed by atoms with Crippen molar-refractivity contribution in [3.05, 3.63) is 35.4 Å². The number of rotatable bonds is 3. The predicted octanol–water partition coefficient (Wildman–Crippen LogP) is 2.59. The Morgan fingerprint density at radius 3 is 2.15 bits per heavy atom. The maximum atomic E-state index is 12.6. The molecule has 6 nitrogen and oxygen atoms in total. The molecular weight excluding hydrogens is 330 g/mol. The average Bonchev–Trinajstić information content (AvgIpc) is 2.97. The van der Waals surface area contributed by atoms with Crippen LogP contribution in [0.5, 0.6) is 0 Å². The number of urea groups is 1. The Morgan fingerprint density at radius 1 is 0.923 bits per heavy atom. The van der Waals surface area contributed by atoms with Crippen molar-refractivity contribution in [1.29, 1.82) is 0 Å². The molecule has 2 aliphatic rings. The third kappa shape index (κ3) is 4.75. The van der Waals surface area contributed by atoms with E-state index >= 15 is 0 Å². The largest absolute Gasteiger partial charge is 0.378 e. The summed E-state index contributed by atoms with van der Waals surface area (Å²) in [6.45, 7) is 4.75. The maximum Gasteiger partial charge on any atom is 0.320 e. The SMILES string of the molecule is CN(Cc1ccc(C(=O)N2CCCCCC2)cc1)C(=O)N1CCOCC1. The fourth-order valence-electron chi connectivity index (χ4n) is 3.55. The maximum absolute atomic E-state index is 12.6. The lowest BCUT2D eigenvalue weighted by Gasteiger charge is -2.31. The molecule has 1 aromatic rings. The summed E-state index contributed by atoms with van der Waals surface area (Å²) in [5, 5.41) is 0. The van der Waals surface area contributed by atoms with Crippen molar-refractivity contribution in [2.24, 2.45) is 0 Å². The first kappa shape index (κ1) is 18.7. The number of hydrogen-bond acceptors (Lipinski definition) is 3. The number of ether oxygens (including phenoxy) is 1. The molecule has 0 radical (unpaired) electrons. The molecule has 3 amide bonds. The van der Waals surface area contributed by atoms with Crippen molar-refractivity contribution in [2.45, 2.75) is 32.2 Å². The molecule has 0 saturated carbocycles. The minimum Gasteiger partial charge on any atom is -0.378 e. The highest BCUT2D eigenvalue weighted by molar-refractivity contribution is 5.94. The van der Waals surface area contributed by atoms with E-state index in [1.165, 1.54) is 12.8 Å². The first-order valence-electron chi connectivity index (χ1n) is 9.61. The van der Waals surface area contributed by atoms with Crippen LogP contribution in [0.1, 0.15) is 41.6 Å². The molecule has 0 unspecified atom stereocenters. The van der Waals surface area contributed by atoms with Gasteiger partial charge in [0.1, 0.15) is 0 Å². The molecule has 0 aromatic heterocycles. The first-order chi connectivity index (χ1) is 12.6. The van der Waals surface area contributed by atoms with E-state index in [1.54, 1.807) is 4.90 Å². The van der Waals surface area contributed by atoms with E-state index in [9.17, 15) is 9.59 Å². The van der Waals surface area contributed by atoms with Gasteiger partial charge in [0.15, 0.2) is 0 Å². The normalized spacial score (nSPS) is 18.3. The van der Waals surface area contributed by atoms with Crippen LogP contribution < -0.4 is 0 Å². The molecule has 142 valence electrons.